The molecule has 202 valence electrons. The lowest BCUT2D eigenvalue weighted by Gasteiger charge is -2.32. The van der Waals surface area contributed by atoms with Gasteiger partial charge in [0.25, 0.3) is 10.0 Å². The first-order valence-electron chi connectivity index (χ1n) is 12.5. The minimum atomic E-state index is -4.11. The number of aryl methyl sites for hydroxylation is 1. The molecule has 3 aromatic carbocycles. The van der Waals surface area contributed by atoms with Crippen molar-refractivity contribution in [2.75, 3.05) is 10.8 Å². The quantitative estimate of drug-likeness (QED) is 0.384. The first kappa shape index (κ1) is 28.8. The third-order valence-electron chi connectivity index (χ3n) is 6.37. The third kappa shape index (κ3) is 7.19. The average Bonchev–Trinajstić information content (AvgIpc) is 2.91. The first-order valence-corrected chi connectivity index (χ1v) is 14.0. The van der Waals surface area contributed by atoms with Crippen LogP contribution >= 0.6 is 0 Å². The summed E-state index contributed by atoms with van der Waals surface area (Å²) in [7, 11) is -4.11. The van der Waals surface area contributed by atoms with Crippen molar-refractivity contribution in [2.45, 2.75) is 57.6 Å². The monoisotopic (exact) mass is 539 g/mol. The van der Waals surface area contributed by atoms with Crippen LogP contribution in [0.2, 0.25) is 0 Å². The predicted molar refractivity (Wildman–Crippen MR) is 146 cm³/mol. The van der Waals surface area contributed by atoms with Crippen LogP contribution in [0.1, 0.15) is 38.3 Å². The van der Waals surface area contributed by atoms with Crippen molar-refractivity contribution in [1.82, 2.24) is 10.2 Å². The van der Waals surface area contributed by atoms with Crippen LogP contribution in [0.3, 0.4) is 0 Å². The standard InChI is InChI=1S/C29H34FN3O4S/c1-5-22(3)31-29(35)23(4)32(19-24-13-15-25(30)16-14-24)28(34)20-33(26-9-7-6-8-10-26)38(36,37)27-17-11-21(2)12-18-27/h6-18,22-23H,5,19-20H2,1-4H3,(H,31,35). The maximum Gasteiger partial charge on any atom is 0.264 e. The van der Waals surface area contributed by atoms with Crippen molar-refractivity contribution in [3.05, 3.63) is 95.8 Å². The van der Waals surface area contributed by atoms with Gasteiger partial charge in [-0.2, -0.15) is 0 Å². The fraction of sp³-hybridized carbons (Fsp3) is 0.310. The van der Waals surface area contributed by atoms with Crippen LogP contribution in [0, 0.1) is 12.7 Å². The fourth-order valence-corrected chi connectivity index (χ4v) is 5.21. The van der Waals surface area contributed by atoms with E-state index in [1.807, 2.05) is 20.8 Å². The molecular weight excluding hydrogens is 505 g/mol. The second kappa shape index (κ2) is 12.7. The zero-order chi connectivity index (χ0) is 27.9. The Morgan fingerprint density at radius 2 is 1.53 bits per heavy atom. The van der Waals surface area contributed by atoms with E-state index in [-0.39, 0.29) is 23.4 Å². The van der Waals surface area contributed by atoms with Crippen LogP contribution in [-0.2, 0) is 26.2 Å². The molecule has 0 aliphatic carbocycles. The number of nitrogens with one attached hydrogen (secondary N) is 1. The Bertz CT molecular complexity index is 1330. The van der Waals surface area contributed by atoms with Crippen molar-refractivity contribution in [1.29, 1.82) is 0 Å². The molecule has 0 aliphatic heterocycles. The topological polar surface area (TPSA) is 86.8 Å². The number of para-hydroxylation sites is 1. The molecule has 0 aromatic heterocycles. The summed E-state index contributed by atoms with van der Waals surface area (Å²) in [6.07, 6.45) is 0.709. The van der Waals surface area contributed by atoms with E-state index in [1.54, 1.807) is 49.4 Å². The van der Waals surface area contributed by atoms with E-state index in [0.717, 1.165) is 9.87 Å². The zero-order valence-electron chi connectivity index (χ0n) is 22.1. The fourth-order valence-electron chi connectivity index (χ4n) is 3.80. The van der Waals surface area contributed by atoms with E-state index in [1.165, 1.54) is 41.3 Å². The van der Waals surface area contributed by atoms with Crippen LogP contribution in [0.15, 0.2) is 83.8 Å². The SMILES string of the molecule is CCC(C)NC(=O)C(C)N(Cc1ccc(F)cc1)C(=O)CN(c1ccccc1)S(=O)(=O)c1ccc(C)cc1. The molecule has 1 N–H and O–H groups in total. The molecule has 3 aromatic rings. The number of carbonyl (C=O) groups is 2. The van der Waals surface area contributed by atoms with E-state index in [0.29, 0.717) is 17.7 Å². The molecule has 3 rings (SSSR count). The van der Waals surface area contributed by atoms with Gasteiger partial charge in [0.2, 0.25) is 11.8 Å². The molecule has 0 bridgehead atoms. The van der Waals surface area contributed by atoms with Gasteiger partial charge in [0.05, 0.1) is 10.6 Å². The number of halogens is 1. The second-order valence-corrected chi connectivity index (χ2v) is 11.2. The van der Waals surface area contributed by atoms with Crippen LogP contribution in [0.4, 0.5) is 10.1 Å². The maximum atomic E-state index is 13.8. The number of nitrogens with zero attached hydrogens (tertiary/aromatic N) is 2. The summed E-state index contributed by atoms with van der Waals surface area (Å²) in [5, 5.41) is 2.88. The number of rotatable bonds is 11. The Morgan fingerprint density at radius 1 is 0.921 bits per heavy atom. The molecule has 9 heteroatoms. The lowest BCUT2D eigenvalue weighted by atomic mass is 10.1. The Balaban J connectivity index is 1.99. The van der Waals surface area contributed by atoms with Gasteiger partial charge >= 0.3 is 0 Å². The Kier molecular flexibility index (Phi) is 9.63. The predicted octanol–water partition coefficient (Wildman–Crippen LogP) is 4.66. The molecule has 38 heavy (non-hydrogen) atoms. The van der Waals surface area contributed by atoms with Crippen LogP contribution in [0.5, 0.6) is 0 Å². The van der Waals surface area contributed by atoms with E-state index in [2.05, 4.69) is 5.32 Å². The molecule has 0 spiro atoms. The number of sulfonamides is 1. The Hall–Kier alpha value is -3.72. The molecule has 2 amide bonds. The number of anilines is 1. The van der Waals surface area contributed by atoms with Crippen molar-refractivity contribution in [3.8, 4) is 0 Å². The summed E-state index contributed by atoms with van der Waals surface area (Å²) in [6.45, 7) is 6.73. The van der Waals surface area contributed by atoms with Gasteiger partial charge in [0.1, 0.15) is 18.4 Å². The van der Waals surface area contributed by atoms with Gasteiger partial charge in [0, 0.05) is 12.6 Å². The molecule has 2 atom stereocenters. The van der Waals surface area contributed by atoms with Crippen molar-refractivity contribution in [2.24, 2.45) is 0 Å². The molecule has 2 unspecified atom stereocenters. The lowest BCUT2D eigenvalue weighted by Crippen LogP contribution is -2.52. The Morgan fingerprint density at radius 3 is 2.11 bits per heavy atom. The smallest absolute Gasteiger partial charge is 0.264 e. The van der Waals surface area contributed by atoms with Gasteiger partial charge in [-0.1, -0.05) is 55.0 Å². The molecule has 0 saturated carbocycles. The van der Waals surface area contributed by atoms with Crippen LogP contribution < -0.4 is 9.62 Å². The second-order valence-electron chi connectivity index (χ2n) is 9.30. The summed E-state index contributed by atoms with van der Waals surface area (Å²) in [5.41, 5.74) is 1.83. The van der Waals surface area contributed by atoms with E-state index < -0.39 is 34.3 Å². The molecule has 0 radical (unpaired) electrons. The highest BCUT2D eigenvalue weighted by Crippen LogP contribution is 2.24. The molecule has 0 saturated heterocycles. The number of hydrogen-bond acceptors (Lipinski definition) is 4. The number of hydrogen-bond donors (Lipinski definition) is 1. The molecule has 0 aliphatic rings. The summed E-state index contributed by atoms with van der Waals surface area (Å²) >= 11 is 0. The van der Waals surface area contributed by atoms with Gasteiger partial charge in [-0.3, -0.25) is 13.9 Å². The molecule has 0 fully saturated rings. The average molecular weight is 540 g/mol. The first-order chi connectivity index (χ1) is 18.0. The largest absolute Gasteiger partial charge is 0.352 e. The van der Waals surface area contributed by atoms with Crippen molar-refractivity contribution >= 4 is 27.5 Å². The normalized spacial score (nSPS) is 12.9. The number of carbonyl (C=O) groups excluding carboxylic acids is 2. The van der Waals surface area contributed by atoms with Crippen LogP contribution in [-0.4, -0.2) is 43.8 Å². The lowest BCUT2D eigenvalue weighted by molar-refractivity contribution is -0.139. The summed E-state index contributed by atoms with van der Waals surface area (Å²) in [4.78, 5) is 28.2. The van der Waals surface area contributed by atoms with Crippen LogP contribution in [0.25, 0.3) is 0 Å². The Labute approximate surface area is 224 Å². The van der Waals surface area contributed by atoms with Crippen molar-refractivity contribution < 1.29 is 22.4 Å². The third-order valence-corrected chi connectivity index (χ3v) is 8.15. The summed E-state index contributed by atoms with van der Waals surface area (Å²) < 4.78 is 42.0. The highest BCUT2D eigenvalue weighted by atomic mass is 32.2. The summed E-state index contributed by atoms with van der Waals surface area (Å²) in [6, 6.07) is 19.4. The van der Waals surface area contributed by atoms with Crippen molar-refractivity contribution in [3.63, 3.8) is 0 Å². The number of benzene rings is 3. The molecule has 7 nitrogen and oxygen atoms in total. The molecular formula is C29H34FN3O4S. The maximum absolute atomic E-state index is 13.8. The van der Waals surface area contributed by atoms with E-state index >= 15 is 0 Å². The molecule has 0 heterocycles. The van der Waals surface area contributed by atoms with Gasteiger partial charge in [0.15, 0.2) is 0 Å². The summed E-state index contributed by atoms with van der Waals surface area (Å²) in [5.74, 6) is -1.35. The minimum Gasteiger partial charge on any atom is -0.352 e. The highest BCUT2D eigenvalue weighted by Gasteiger charge is 2.32. The van der Waals surface area contributed by atoms with Gasteiger partial charge in [-0.15, -0.1) is 0 Å². The number of amides is 2. The van der Waals surface area contributed by atoms with E-state index in [9.17, 15) is 22.4 Å². The van der Waals surface area contributed by atoms with E-state index in [4.69, 9.17) is 0 Å². The highest BCUT2D eigenvalue weighted by molar-refractivity contribution is 7.92. The zero-order valence-corrected chi connectivity index (χ0v) is 22.9. The van der Waals surface area contributed by atoms with Gasteiger partial charge in [-0.05, 0) is 69.2 Å². The van der Waals surface area contributed by atoms with Gasteiger partial charge in [-0.25, -0.2) is 12.8 Å². The van der Waals surface area contributed by atoms with Gasteiger partial charge < -0.3 is 10.2 Å². The minimum absolute atomic E-state index is 0.00140.